The predicted molar refractivity (Wildman–Crippen MR) is 112 cm³/mol. The molecule has 0 aromatic heterocycles. The summed E-state index contributed by atoms with van der Waals surface area (Å²) >= 11 is 12.1. The SMILES string of the molecule is NC(=O)C(CCN1CCC(Cc2ccccc2)CC1)c1ccc(Cl)c(Cl)c1. The van der Waals surface area contributed by atoms with Gasteiger partial charge in [-0.15, -0.1) is 0 Å². The second kappa shape index (κ2) is 9.59. The minimum atomic E-state index is -0.332. The van der Waals surface area contributed by atoms with E-state index in [4.69, 9.17) is 28.9 Å². The van der Waals surface area contributed by atoms with Gasteiger partial charge in [0.05, 0.1) is 16.0 Å². The molecule has 1 saturated heterocycles. The summed E-state index contributed by atoms with van der Waals surface area (Å²) in [6.07, 6.45) is 4.25. The third-order valence-electron chi connectivity index (χ3n) is 5.50. The van der Waals surface area contributed by atoms with Gasteiger partial charge in [0.15, 0.2) is 0 Å². The van der Waals surface area contributed by atoms with Gasteiger partial charge in [0.1, 0.15) is 0 Å². The Kier molecular flexibility index (Phi) is 7.17. The van der Waals surface area contributed by atoms with Crippen LogP contribution in [0.2, 0.25) is 10.0 Å². The summed E-state index contributed by atoms with van der Waals surface area (Å²) in [6.45, 7) is 3.01. The minimum absolute atomic E-state index is 0.313. The Bertz CT molecular complexity index is 758. The molecule has 1 fully saturated rings. The van der Waals surface area contributed by atoms with E-state index in [-0.39, 0.29) is 11.8 Å². The summed E-state index contributed by atoms with van der Waals surface area (Å²) in [5.41, 5.74) is 7.91. The highest BCUT2D eigenvalue weighted by atomic mass is 35.5. The van der Waals surface area contributed by atoms with Crippen LogP contribution in [-0.4, -0.2) is 30.4 Å². The smallest absolute Gasteiger partial charge is 0.225 e. The van der Waals surface area contributed by atoms with Crippen molar-refractivity contribution in [2.24, 2.45) is 11.7 Å². The first-order valence-corrected chi connectivity index (χ1v) is 10.3. The van der Waals surface area contributed by atoms with Crippen LogP contribution in [0.25, 0.3) is 0 Å². The summed E-state index contributed by atoms with van der Waals surface area (Å²) < 4.78 is 0. The highest BCUT2D eigenvalue weighted by molar-refractivity contribution is 6.42. The summed E-state index contributed by atoms with van der Waals surface area (Å²) in [4.78, 5) is 14.4. The van der Waals surface area contributed by atoms with Crippen molar-refractivity contribution in [1.82, 2.24) is 4.90 Å². The largest absolute Gasteiger partial charge is 0.369 e. The van der Waals surface area contributed by atoms with Crippen molar-refractivity contribution in [2.45, 2.75) is 31.6 Å². The van der Waals surface area contributed by atoms with Crippen molar-refractivity contribution < 1.29 is 4.79 Å². The Hall–Kier alpha value is -1.55. The molecule has 1 aliphatic heterocycles. The van der Waals surface area contributed by atoms with Gasteiger partial charge < -0.3 is 10.6 Å². The summed E-state index contributed by atoms with van der Waals surface area (Å²) in [5.74, 6) is 0.0971. The highest BCUT2D eigenvalue weighted by Crippen LogP contribution is 2.29. The Labute approximate surface area is 171 Å². The number of primary amides is 1. The van der Waals surface area contributed by atoms with Crippen LogP contribution in [0.15, 0.2) is 48.5 Å². The molecule has 3 rings (SSSR count). The van der Waals surface area contributed by atoms with Crippen molar-refractivity contribution in [3.8, 4) is 0 Å². The molecule has 27 heavy (non-hydrogen) atoms. The van der Waals surface area contributed by atoms with E-state index in [9.17, 15) is 4.79 Å². The zero-order chi connectivity index (χ0) is 19.2. The lowest BCUT2D eigenvalue weighted by atomic mass is 9.89. The lowest BCUT2D eigenvalue weighted by molar-refractivity contribution is -0.119. The topological polar surface area (TPSA) is 46.3 Å². The van der Waals surface area contributed by atoms with E-state index >= 15 is 0 Å². The van der Waals surface area contributed by atoms with Crippen LogP contribution >= 0.6 is 23.2 Å². The number of rotatable bonds is 7. The fraction of sp³-hybridized carbons (Fsp3) is 0.409. The lowest BCUT2D eigenvalue weighted by Gasteiger charge is -2.32. The summed E-state index contributed by atoms with van der Waals surface area (Å²) in [5, 5.41) is 0.950. The number of nitrogens with zero attached hydrogens (tertiary/aromatic N) is 1. The van der Waals surface area contributed by atoms with Crippen LogP contribution in [0.3, 0.4) is 0 Å². The van der Waals surface area contributed by atoms with Crippen LogP contribution in [0, 0.1) is 5.92 Å². The van der Waals surface area contributed by atoms with Gasteiger partial charge in [-0.3, -0.25) is 4.79 Å². The summed E-state index contributed by atoms with van der Waals surface area (Å²) in [7, 11) is 0. The molecule has 0 bridgehead atoms. The number of carbonyl (C=O) groups is 1. The van der Waals surface area contributed by atoms with Crippen LogP contribution in [0.4, 0.5) is 0 Å². The number of hydrogen-bond acceptors (Lipinski definition) is 2. The Morgan fingerprint density at radius 1 is 1.07 bits per heavy atom. The first-order valence-electron chi connectivity index (χ1n) is 9.53. The molecule has 0 saturated carbocycles. The molecule has 2 N–H and O–H groups in total. The zero-order valence-corrected chi connectivity index (χ0v) is 16.9. The molecule has 1 heterocycles. The second-order valence-corrected chi connectivity index (χ2v) is 8.21. The van der Waals surface area contributed by atoms with E-state index in [1.54, 1.807) is 12.1 Å². The molecular weight excluding hydrogens is 379 g/mol. The van der Waals surface area contributed by atoms with Crippen molar-refractivity contribution in [3.63, 3.8) is 0 Å². The van der Waals surface area contributed by atoms with Gasteiger partial charge in [0, 0.05) is 0 Å². The zero-order valence-electron chi connectivity index (χ0n) is 15.4. The fourth-order valence-electron chi connectivity index (χ4n) is 3.88. The Balaban J connectivity index is 1.50. The van der Waals surface area contributed by atoms with Gasteiger partial charge in [-0.05, 0) is 74.5 Å². The monoisotopic (exact) mass is 404 g/mol. The quantitative estimate of drug-likeness (QED) is 0.712. The third kappa shape index (κ3) is 5.71. The minimum Gasteiger partial charge on any atom is -0.369 e. The van der Waals surface area contributed by atoms with Gasteiger partial charge in [-0.25, -0.2) is 0 Å². The van der Waals surface area contributed by atoms with E-state index < -0.39 is 0 Å². The first kappa shape index (κ1) is 20.2. The molecule has 2 aromatic rings. The molecule has 1 atom stereocenters. The number of carbonyl (C=O) groups excluding carboxylic acids is 1. The average Bonchev–Trinajstić information content (AvgIpc) is 2.66. The molecule has 5 heteroatoms. The van der Waals surface area contributed by atoms with Gasteiger partial charge >= 0.3 is 0 Å². The number of nitrogens with two attached hydrogens (primary N) is 1. The Morgan fingerprint density at radius 2 is 1.78 bits per heavy atom. The summed E-state index contributed by atoms with van der Waals surface area (Å²) in [6, 6.07) is 16.0. The van der Waals surface area contributed by atoms with Gasteiger partial charge in [-0.2, -0.15) is 0 Å². The number of benzene rings is 2. The van der Waals surface area contributed by atoms with Crippen LogP contribution in [0.1, 0.15) is 36.3 Å². The van der Waals surface area contributed by atoms with Crippen LogP contribution in [-0.2, 0) is 11.2 Å². The molecule has 0 radical (unpaired) electrons. The van der Waals surface area contributed by atoms with Gasteiger partial charge in [-0.1, -0.05) is 59.6 Å². The van der Waals surface area contributed by atoms with E-state index in [1.165, 1.54) is 18.4 Å². The number of amides is 1. The molecule has 3 nitrogen and oxygen atoms in total. The van der Waals surface area contributed by atoms with Crippen molar-refractivity contribution in [2.75, 3.05) is 19.6 Å². The molecule has 0 spiro atoms. The molecule has 2 aromatic carbocycles. The number of hydrogen-bond donors (Lipinski definition) is 1. The number of likely N-dealkylation sites (tertiary alicyclic amines) is 1. The number of piperidine rings is 1. The maximum atomic E-state index is 12.0. The predicted octanol–water partition coefficient (Wildman–Crippen LogP) is 4.91. The van der Waals surface area contributed by atoms with Crippen LogP contribution < -0.4 is 5.73 Å². The highest BCUT2D eigenvalue weighted by Gasteiger charge is 2.23. The Morgan fingerprint density at radius 3 is 2.41 bits per heavy atom. The lowest BCUT2D eigenvalue weighted by Crippen LogP contribution is -2.36. The standard InChI is InChI=1S/C22H26Cl2N2O/c23-20-7-6-18(15-21(20)24)19(22(25)27)10-13-26-11-8-17(9-12-26)14-16-4-2-1-3-5-16/h1-7,15,17,19H,8-14H2,(H2,25,27). The van der Waals surface area contributed by atoms with Crippen LogP contribution in [0.5, 0.6) is 0 Å². The second-order valence-electron chi connectivity index (χ2n) is 7.39. The van der Waals surface area contributed by atoms with E-state index in [0.717, 1.165) is 37.5 Å². The third-order valence-corrected chi connectivity index (χ3v) is 6.24. The molecule has 1 aliphatic rings. The molecule has 0 aliphatic carbocycles. The van der Waals surface area contributed by atoms with E-state index in [1.807, 2.05) is 6.07 Å². The molecule has 144 valence electrons. The first-order chi connectivity index (χ1) is 13.0. The maximum absolute atomic E-state index is 12.0. The van der Waals surface area contributed by atoms with Crippen molar-refractivity contribution in [1.29, 1.82) is 0 Å². The van der Waals surface area contributed by atoms with E-state index in [0.29, 0.717) is 16.5 Å². The molecule has 1 unspecified atom stereocenters. The van der Waals surface area contributed by atoms with Gasteiger partial charge in [0.2, 0.25) is 5.91 Å². The fourth-order valence-corrected chi connectivity index (χ4v) is 4.18. The normalized spacial score (nSPS) is 17.0. The van der Waals surface area contributed by atoms with E-state index in [2.05, 4.69) is 35.2 Å². The van der Waals surface area contributed by atoms with Crippen molar-refractivity contribution in [3.05, 3.63) is 69.7 Å². The molecular formula is C22H26Cl2N2O. The average molecular weight is 405 g/mol. The number of halogens is 2. The van der Waals surface area contributed by atoms with Crippen molar-refractivity contribution >= 4 is 29.1 Å². The van der Waals surface area contributed by atoms with Gasteiger partial charge in [0.25, 0.3) is 0 Å². The maximum Gasteiger partial charge on any atom is 0.225 e. The molecule has 1 amide bonds.